The van der Waals surface area contributed by atoms with Crippen molar-refractivity contribution < 1.29 is 23.8 Å². The van der Waals surface area contributed by atoms with Gasteiger partial charge < -0.3 is 19.5 Å². The molecule has 2 aromatic rings. The first kappa shape index (κ1) is 18.3. The standard InChI is InChI=1S/C19H21NO5/c1-3-17(25-15-9-5-4-6-10-15)19(22)24-13-18(21)20-14-8-7-11-16(12-14)23-2/h4-12,17H,3,13H2,1-2H3,(H,20,21)/t17-/m1/s1. The van der Waals surface area contributed by atoms with Gasteiger partial charge in [0.2, 0.25) is 0 Å². The number of hydrogen-bond donors (Lipinski definition) is 1. The number of methoxy groups -OCH3 is 1. The molecule has 0 saturated carbocycles. The molecule has 1 N–H and O–H groups in total. The van der Waals surface area contributed by atoms with Gasteiger partial charge >= 0.3 is 5.97 Å². The van der Waals surface area contributed by atoms with Gasteiger partial charge in [-0.2, -0.15) is 0 Å². The van der Waals surface area contributed by atoms with E-state index in [0.29, 0.717) is 23.6 Å². The predicted octanol–water partition coefficient (Wildman–Crippen LogP) is 3.03. The summed E-state index contributed by atoms with van der Waals surface area (Å²) in [6.45, 7) is 1.43. The number of ether oxygens (including phenoxy) is 3. The lowest BCUT2D eigenvalue weighted by molar-refractivity contribution is -0.154. The van der Waals surface area contributed by atoms with Crippen LogP contribution in [0.25, 0.3) is 0 Å². The molecule has 2 aromatic carbocycles. The molecule has 0 aromatic heterocycles. The van der Waals surface area contributed by atoms with Crippen LogP contribution in [0.4, 0.5) is 5.69 Å². The molecule has 132 valence electrons. The Balaban J connectivity index is 1.83. The van der Waals surface area contributed by atoms with Gasteiger partial charge in [-0.1, -0.05) is 31.2 Å². The fourth-order valence-electron chi connectivity index (χ4n) is 2.09. The Morgan fingerprint density at radius 3 is 2.44 bits per heavy atom. The number of carbonyl (C=O) groups excluding carboxylic acids is 2. The minimum absolute atomic E-state index is 0.384. The van der Waals surface area contributed by atoms with Crippen LogP contribution in [-0.4, -0.2) is 31.7 Å². The molecule has 0 fully saturated rings. The molecular formula is C19H21NO5. The number of benzene rings is 2. The lowest BCUT2D eigenvalue weighted by atomic mass is 10.2. The van der Waals surface area contributed by atoms with Gasteiger partial charge in [-0.15, -0.1) is 0 Å². The van der Waals surface area contributed by atoms with Crippen LogP contribution in [0, 0.1) is 0 Å². The Bertz CT molecular complexity index is 702. The lowest BCUT2D eigenvalue weighted by Crippen LogP contribution is -2.31. The van der Waals surface area contributed by atoms with E-state index in [1.807, 2.05) is 25.1 Å². The Kier molecular flexibility index (Phi) is 6.83. The van der Waals surface area contributed by atoms with Gasteiger partial charge in [-0.25, -0.2) is 4.79 Å². The minimum atomic E-state index is -0.757. The summed E-state index contributed by atoms with van der Waals surface area (Å²) >= 11 is 0. The van der Waals surface area contributed by atoms with Crippen molar-refractivity contribution in [3.05, 3.63) is 54.6 Å². The van der Waals surface area contributed by atoms with E-state index in [0.717, 1.165) is 0 Å². The molecular weight excluding hydrogens is 322 g/mol. The zero-order valence-electron chi connectivity index (χ0n) is 14.2. The van der Waals surface area contributed by atoms with E-state index in [-0.39, 0.29) is 6.61 Å². The number of hydrogen-bond acceptors (Lipinski definition) is 5. The summed E-state index contributed by atoms with van der Waals surface area (Å²) in [6, 6.07) is 15.9. The first-order valence-corrected chi connectivity index (χ1v) is 7.94. The van der Waals surface area contributed by atoms with Gasteiger partial charge in [-0.05, 0) is 30.7 Å². The largest absolute Gasteiger partial charge is 0.497 e. The maximum Gasteiger partial charge on any atom is 0.347 e. The molecule has 1 amide bonds. The van der Waals surface area contributed by atoms with E-state index in [1.54, 1.807) is 43.5 Å². The summed E-state index contributed by atoms with van der Waals surface area (Å²) in [5, 5.41) is 2.64. The second kappa shape index (κ2) is 9.32. The molecule has 1 atom stereocenters. The molecule has 6 nitrogen and oxygen atoms in total. The summed E-state index contributed by atoms with van der Waals surface area (Å²) in [4.78, 5) is 24.0. The zero-order chi connectivity index (χ0) is 18.1. The smallest absolute Gasteiger partial charge is 0.347 e. The van der Waals surface area contributed by atoms with Crippen molar-refractivity contribution in [2.75, 3.05) is 19.0 Å². The molecule has 6 heteroatoms. The fourth-order valence-corrected chi connectivity index (χ4v) is 2.09. The number of para-hydroxylation sites is 1. The van der Waals surface area contributed by atoms with E-state index >= 15 is 0 Å². The molecule has 25 heavy (non-hydrogen) atoms. The van der Waals surface area contributed by atoms with Crippen LogP contribution in [0.2, 0.25) is 0 Å². The number of anilines is 1. The van der Waals surface area contributed by atoms with Gasteiger partial charge in [0.05, 0.1) is 7.11 Å². The monoisotopic (exact) mass is 343 g/mol. The highest BCUT2D eigenvalue weighted by Gasteiger charge is 2.21. The number of rotatable bonds is 8. The molecule has 0 aliphatic carbocycles. The zero-order valence-corrected chi connectivity index (χ0v) is 14.2. The summed E-state index contributed by atoms with van der Waals surface area (Å²) in [5.74, 6) is 0.188. The molecule has 0 saturated heterocycles. The molecule has 2 rings (SSSR count). The maximum atomic E-state index is 12.1. The Morgan fingerprint density at radius 1 is 1.04 bits per heavy atom. The first-order chi connectivity index (χ1) is 12.1. The molecule has 0 aliphatic heterocycles. The summed E-state index contributed by atoms with van der Waals surface area (Å²) in [7, 11) is 1.54. The molecule has 0 unspecified atom stereocenters. The third-order valence-corrected chi connectivity index (χ3v) is 3.35. The van der Waals surface area contributed by atoms with Crippen molar-refractivity contribution in [1.82, 2.24) is 0 Å². The second-order valence-electron chi connectivity index (χ2n) is 5.22. The first-order valence-electron chi connectivity index (χ1n) is 7.94. The summed E-state index contributed by atoms with van der Waals surface area (Å²) < 4.78 is 15.7. The average Bonchev–Trinajstić information content (AvgIpc) is 2.65. The quantitative estimate of drug-likeness (QED) is 0.746. The van der Waals surface area contributed by atoms with Crippen molar-refractivity contribution in [2.45, 2.75) is 19.4 Å². The van der Waals surface area contributed by atoms with E-state index < -0.39 is 18.0 Å². The van der Waals surface area contributed by atoms with Crippen LogP contribution < -0.4 is 14.8 Å². The predicted molar refractivity (Wildman–Crippen MR) is 93.7 cm³/mol. The second-order valence-corrected chi connectivity index (χ2v) is 5.22. The average molecular weight is 343 g/mol. The molecule has 0 aliphatic rings. The Labute approximate surface area is 146 Å². The normalized spacial score (nSPS) is 11.3. The maximum absolute atomic E-state index is 12.1. The van der Waals surface area contributed by atoms with Crippen molar-refractivity contribution in [2.24, 2.45) is 0 Å². The van der Waals surface area contributed by atoms with Crippen LogP contribution >= 0.6 is 0 Å². The highest BCUT2D eigenvalue weighted by molar-refractivity contribution is 5.93. The van der Waals surface area contributed by atoms with Crippen LogP contribution in [0.5, 0.6) is 11.5 Å². The highest BCUT2D eigenvalue weighted by atomic mass is 16.6. The number of nitrogens with one attached hydrogen (secondary N) is 1. The van der Waals surface area contributed by atoms with Crippen LogP contribution in [-0.2, 0) is 14.3 Å². The summed E-state index contributed by atoms with van der Waals surface area (Å²) in [6.07, 6.45) is -0.322. The van der Waals surface area contributed by atoms with Gasteiger partial charge in [0, 0.05) is 11.8 Å². The minimum Gasteiger partial charge on any atom is -0.497 e. The van der Waals surface area contributed by atoms with Crippen LogP contribution in [0.15, 0.2) is 54.6 Å². The van der Waals surface area contributed by atoms with Gasteiger partial charge in [-0.3, -0.25) is 4.79 Å². The number of esters is 1. The third kappa shape index (κ3) is 5.84. The Hall–Kier alpha value is -3.02. The molecule has 0 bridgehead atoms. The molecule has 0 radical (unpaired) electrons. The van der Waals surface area contributed by atoms with Crippen molar-refractivity contribution in [3.8, 4) is 11.5 Å². The third-order valence-electron chi connectivity index (χ3n) is 3.35. The lowest BCUT2D eigenvalue weighted by Gasteiger charge is -2.16. The van der Waals surface area contributed by atoms with Crippen molar-refractivity contribution in [3.63, 3.8) is 0 Å². The van der Waals surface area contributed by atoms with Crippen molar-refractivity contribution in [1.29, 1.82) is 0 Å². The van der Waals surface area contributed by atoms with Gasteiger partial charge in [0.25, 0.3) is 5.91 Å². The van der Waals surface area contributed by atoms with E-state index in [1.165, 1.54) is 0 Å². The van der Waals surface area contributed by atoms with Gasteiger partial charge in [0.1, 0.15) is 11.5 Å². The highest BCUT2D eigenvalue weighted by Crippen LogP contribution is 2.17. The fraction of sp³-hybridized carbons (Fsp3) is 0.263. The number of amides is 1. The Morgan fingerprint density at radius 2 is 1.76 bits per heavy atom. The van der Waals surface area contributed by atoms with E-state index in [2.05, 4.69) is 5.32 Å². The SMILES string of the molecule is CC[C@@H](Oc1ccccc1)C(=O)OCC(=O)Nc1cccc(OC)c1. The van der Waals surface area contributed by atoms with Crippen LogP contribution in [0.1, 0.15) is 13.3 Å². The topological polar surface area (TPSA) is 73.9 Å². The van der Waals surface area contributed by atoms with Crippen molar-refractivity contribution >= 4 is 17.6 Å². The van der Waals surface area contributed by atoms with Crippen LogP contribution in [0.3, 0.4) is 0 Å². The van der Waals surface area contributed by atoms with E-state index in [4.69, 9.17) is 14.2 Å². The number of carbonyl (C=O) groups is 2. The summed E-state index contributed by atoms with van der Waals surface area (Å²) in [5.41, 5.74) is 0.563. The van der Waals surface area contributed by atoms with E-state index in [9.17, 15) is 9.59 Å². The van der Waals surface area contributed by atoms with Gasteiger partial charge in [0.15, 0.2) is 12.7 Å². The molecule has 0 spiro atoms. The molecule has 0 heterocycles.